The van der Waals surface area contributed by atoms with Gasteiger partial charge in [-0.2, -0.15) is 0 Å². The van der Waals surface area contributed by atoms with Crippen molar-refractivity contribution in [1.29, 1.82) is 0 Å². The maximum Gasteiger partial charge on any atom is 0.0908 e. The van der Waals surface area contributed by atoms with Crippen molar-refractivity contribution in [3.63, 3.8) is 0 Å². The van der Waals surface area contributed by atoms with Crippen LogP contribution in [-0.4, -0.2) is 14.5 Å². The van der Waals surface area contributed by atoms with Crippen LogP contribution in [0.5, 0.6) is 0 Å². The maximum atomic E-state index is 4.74. The first kappa shape index (κ1) is 26.2. The largest absolute Gasteiger partial charge is 0.310 e. The van der Waals surface area contributed by atoms with E-state index in [9.17, 15) is 0 Å². The zero-order valence-corrected chi connectivity index (χ0v) is 25.0. The molecule has 2 heterocycles. The minimum Gasteiger partial charge on any atom is -0.310 e. The number of nitrogens with zero attached hydrogens (tertiary/aromatic N) is 4. The number of benzene rings is 7. The standard InChI is InChI=1S/C42H28N4/c1-4-12-29(13-5-1)36-27-37-38(44-25-24-43-37)28-41(36)46-39-23-20-30-14-10-11-19-34(30)42(39)35-22-21-33(26-40(35)46)45(31-15-6-2-7-16-31)32-17-8-3-9-18-32/h1-28H. The van der Waals surface area contributed by atoms with Crippen molar-refractivity contribution < 1.29 is 0 Å². The molecule has 0 atom stereocenters. The SMILES string of the molecule is c1ccc(-c2cc3nccnc3cc2-n2c3cc(N(c4ccccc4)c4ccccc4)ccc3c3c4ccccc4ccc32)cc1. The molecule has 0 aliphatic rings. The van der Waals surface area contributed by atoms with E-state index in [0.29, 0.717) is 0 Å². The van der Waals surface area contributed by atoms with Crippen molar-refractivity contribution in [1.82, 2.24) is 14.5 Å². The van der Waals surface area contributed by atoms with E-state index in [1.165, 1.54) is 21.5 Å². The van der Waals surface area contributed by atoms with Gasteiger partial charge in [0, 0.05) is 45.8 Å². The molecule has 2 aromatic heterocycles. The molecule has 0 saturated carbocycles. The minimum atomic E-state index is 0.860. The molecule has 0 spiro atoms. The Morgan fingerprint density at radius 3 is 1.80 bits per heavy atom. The van der Waals surface area contributed by atoms with Gasteiger partial charge in [-0.05, 0) is 70.9 Å². The second-order valence-corrected chi connectivity index (χ2v) is 11.5. The van der Waals surface area contributed by atoms with Gasteiger partial charge in [-0.25, -0.2) is 0 Å². The Labute approximate surface area is 266 Å². The lowest BCUT2D eigenvalue weighted by molar-refractivity contribution is 1.17. The molecular weight excluding hydrogens is 560 g/mol. The summed E-state index contributed by atoms with van der Waals surface area (Å²) < 4.78 is 2.42. The van der Waals surface area contributed by atoms with E-state index < -0.39 is 0 Å². The molecule has 0 aliphatic heterocycles. The van der Waals surface area contributed by atoms with Crippen LogP contribution >= 0.6 is 0 Å². The van der Waals surface area contributed by atoms with E-state index in [2.05, 4.69) is 172 Å². The van der Waals surface area contributed by atoms with Crippen LogP contribution in [0.1, 0.15) is 0 Å². The Hall–Kier alpha value is -6.26. The molecular formula is C42H28N4. The van der Waals surface area contributed by atoms with E-state index in [1.807, 2.05) is 0 Å². The fraction of sp³-hybridized carbons (Fsp3) is 0. The minimum absolute atomic E-state index is 0.860. The number of fused-ring (bicyclic) bond motifs is 6. The Morgan fingerprint density at radius 2 is 1.09 bits per heavy atom. The van der Waals surface area contributed by atoms with Crippen LogP contribution in [-0.2, 0) is 0 Å². The summed E-state index contributed by atoms with van der Waals surface area (Å²) >= 11 is 0. The zero-order chi connectivity index (χ0) is 30.5. The first-order chi connectivity index (χ1) is 22.8. The second-order valence-electron chi connectivity index (χ2n) is 11.5. The van der Waals surface area contributed by atoms with Crippen LogP contribution in [0.4, 0.5) is 17.1 Å². The molecule has 9 aromatic rings. The Balaban J connectivity index is 1.42. The average Bonchev–Trinajstić information content (AvgIpc) is 3.46. The smallest absolute Gasteiger partial charge is 0.0908 e. The van der Waals surface area contributed by atoms with Gasteiger partial charge < -0.3 is 9.47 Å². The molecule has 9 rings (SSSR count). The number of para-hydroxylation sites is 2. The first-order valence-corrected chi connectivity index (χ1v) is 15.5. The Morgan fingerprint density at radius 1 is 0.457 bits per heavy atom. The van der Waals surface area contributed by atoms with Gasteiger partial charge in [-0.15, -0.1) is 0 Å². The second kappa shape index (κ2) is 10.7. The number of rotatable bonds is 5. The van der Waals surface area contributed by atoms with Crippen molar-refractivity contribution in [2.45, 2.75) is 0 Å². The van der Waals surface area contributed by atoms with Gasteiger partial charge in [0.05, 0.1) is 27.8 Å². The number of hydrogen-bond acceptors (Lipinski definition) is 3. The molecule has 7 aromatic carbocycles. The number of hydrogen-bond donors (Lipinski definition) is 0. The molecule has 0 fully saturated rings. The predicted octanol–water partition coefficient (Wildman–Crippen LogP) is 11.0. The van der Waals surface area contributed by atoms with Gasteiger partial charge in [-0.3, -0.25) is 9.97 Å². The summed E-state index contributed by atoms with van der Waals surface area (Å²) in [7, 11) is 0. The molecule has 0 radical (unpaired) electrons. The maximum absolute atomic E-state index is 4.74. The van der Waals surface area contributed by atoms with Gasteiger partial charge in [0.2, 0.25) is 0 Å². The van der Waals surface area contributed by atoms with Crippen LogP contribution in [0.3, 0.4) is 0 Å². The van der Waals surface area contributed by atoms with Crippen LogP contribution in [0.2, 0.25) is 0 Å². The Kier molecular flexibility index (Phi) is 6.10. The highest BCUT2D eigenvalue weighted by Crippen LogP contribution is 2.43. The summed E-state index contributed by atoms with van der Waals surface area (Å²) in [6.45, 7) is 0. The van der Waals surface area contributed by atoms with Gasteiger partial charge in [0.1, 0.15) is 0 Å². The molecule has 0 bridgehead atoms. The highest BCUT2D eigenvalue weighted by molar-refractivity contribution is 6.22. The number of anilines is 3. The van der Waals surface area contributed by atoms with Crippen LogP contribution < -0.4 is 4.90 Å². The van der Waals surface area contributed by atoms with Crippen molar-refractivity contribution >= 4 is 60.7 Å². The summed E-state index contributed by atoms with van der Waals surface area (Å²) in [5.41, 5.74) is 10.6. The van der Waals surface area contributed by atoms with Crippen molar-refractivity contribution in [3.05, 3.63) is 170 Å². The fourth-order valence-corrected chi connectivity index (χ4v) is 6.81. The summed E-state index contributed by atoms with van der Waals surface area (Å²) in [5.74, 6) is 0. The van der Waals surface area contributed by atoms with Crippen LogP contribution in [0.25, 0.3) is 60.4 Å². The molecule has 46 heavy (non-hydrogen) atoms. The van der Waals surface area contributed by atoms with Gasteiger partial charge in [0.25, 0.3) is 0 Å². The summed E-state index contributed by atoms with van der Waals surface area (Å²) in [4.78, 5) is 11.7. The number of aromatic nitrogens is 3. The topological polar surface area (TPSA) is 34.0 Å². The summed E-state index contributed by atoms with van der Waals surface area (Å²) in [6.07, 6.45) is 3.53. The van der Waals surface area contributed by atoms with Crippen LogP contribution in [0, 0.1) is 0 Å². The molecule has 0 saturated heterocycles. The normalized spacial score (nSPS) is 11.5. The fourth-order valence-electron chi connectivity index (χ4n) is 6.81. The Bertz CT molecular complexity index is 2480. The van der Waals surface area contributed by atoms with Gasteiger partial charge >= 0.3 is 0 Å². The average molecular weight is 589 g/mol. The van der Waals surface area contributed by atoms with Gasteiger partial charge in [0.15, 0.2) is 0 Å². The summed E-state index contributed by atoms with van der Waals surface area (Å²) in [5, 5.41) is 4.90. The molecule has 216 valence electrons. The highest BCUT2D eigenvalue weighted by Gasteiger charge is 2.21. The lowest BCUT2D eigenvalue weighted by Gasteiger charge is -2.25. The third-order valence-corrected chi connectivity index (χ3v) is 8.84. The van der Waals surface area contributed by atoms with E-state index in [4.69, 9.17) is 4.98 Å². The predicted molar refractivity (Wildman–Crippen MR) is 192 cm³/mol. The van der Waals surface area contributed by atoms with Crippen molar-refractivity contribution in [2.75, 3.05) is 4.90 Å². The highest BCUT2D eigenvalue weighted by atomic mass is 15.1. The molecule has 4 nitrogen and oxygen atoms in total. The lowest BCUT2D eigenvalue weighted by atomic mass is 10.0. The third kappa shape index (κ3) is 4.23. The zero-order valence-electron chi connectivity index (χ0n) is 25.0. The van der Waals surface area contributed by atoms with E-state index in [1.54, 1.807) is 12.4 Å². The van der Waals surface area contributed by atoms with E-state index in [-0.39, 0.29) is 0 Å². The molecule has 0 aliphatic carbocycles. The van der Waals surface area contributed by atoms with E-state index in [0.717, 1.165) is 55.9 Å². The van der Waals surface area contributed by atoms with Crippen LogP contribution in [0.15, 0.2) is 170 Å². The van der Waals surface area contributed by atoms with E-state index >= 15 is 0 Å². The summed E-state index contributed by atoms with van der Waals surface area (Å²) in [6, 6.07) is 56.1. The quantitative estimate of drug-likeness (QED) is 0.201. The molecule has 0 unspecified atom stereocenters. The van der Waals surface area contributed by atoms with Crippen molar-refractivity contribution in [2.24, 2.45) is 0 Å². The molecule has 0 N–H and O–H groups in total. The monoisotopic (exact) mass is 588 g/mol. The molecule has 4 heteroatoms. The first-order valence-electron chi connectivity index (χ1n) is 15.5. The molecule has 0 amide bonds. The third-order valence-electron chi connectivity index (χ3n) is 8.84. The lowest BCUT2D eigenvalue weighted by Crippen LogP contribution is -2.09. The van der Waals surface area contributed by atoms with Gasteiger partial charge in [-0.1, -0.05) is 103 Å². The van der Waals surface area contributed by atoms with Crippen molar-refractivity contribution in [3.8, 4) is 16.8 Å².